The number of hydrogen-bond acceptors (Lipinski definition) is 5. The normalized spacial score (nSPS) is 16.4. The summed E-state index contributed by atoms with van der Waals surface area (Å²) < 4.78 is 5.13. The number of carbonyl (C=O) groups excluding carboxylic acids is 2. The van der Waals surface area contributed by atoms with Gasteiger partial charge in [-0.25, -0.2) is 4.90 Å². The van der Waals surface area contributed by atoms with Crippen LogP contribution < -0.4 is 15.0 Å². The van der Waals surface area contributed by atoms with Gasteiger partial charge in [-0.1, -0.05) is 0 Å². The molecular weight excluding hydrogens is 364 g/mol. The molecule has 140 valence electrons. The summed E-state index contributed by atoms with van der Waals surface area (Å²) >= 11 is 5.39. The first-order valence-electron chi connectivity index (χ1n) is 8.43. The molecule has 2 amide bonds. The number of pyridine rings is 1. The van der Waals surface area contributed by atoms with Gasteiger partial charge in [-0.15, -0.1) is 0 Å². The fraction of sp³-hybridized carbons (Fsp3) is 0.263. The predicted octanol–water partition coefficient (Wildman–Crippen LogP) is 1.73. The molecule has 1 fully saturated rings. The Balaban J connectivity index is 1.86. The van der Waals surface area contributed by atoms with Crippen molar-refractivity contribution in [2.24, 2.45) is 0 Å². The van der Waals surface area contributed by atoms with Gasteiger partial charge >= 0.3 is 0 Å². The van der Waals surface area contributed by atoms with E-state index in [0.29, 0.717) is 23.1 Å². The number of methoxy groups -OCH3 is 1. The average molecular weight is 384 g/mol. The van der Waals surface area contributed by atoms with Crippen molar-refractivity contribution in [2.75, 3.05) is 19.1 Å². The van der Waals surface area contributed by atoms with Gasteiger partial charge in [0.05, 0.1) is 19.2 Å². The third kappa shape index (κ3) is 3.90. The number of benzene rings is 1. The summed E-state index contributed by atoms with van der Waals surface area (Å²) in [6.07, 6.45) is 3.43. The van der Waals surface area contributed by atoms with Crippen LogP contribution in [0.15, 0.2) is 48.8 Å². The number of nitrogens with zero attached hydrogens (tertiary/aromatic N) is 3. The maximum absolute atomic E-state index is 13.1. The van der Waals surface area contributed by atoms with Crippen LogP contribution in [0.2, 0.25) is 0 Å². The van der Waals surface area contributed by atoms with Crippen molar-refractivity contribution < 1.29 is 14.3 Å². The van der Waals surface area contributed by atoms with Gasteiger partial charge in [-0.05, 0) is 54.2 Å². The van der Waals surface area contributed by atoms with Crippen molar-refractivity contribution >= 4 is 34.8 Å². The van der Waals surface area contributed by atoms with Crippen LogP contribution in [-0.2, 0) is 16.1 Å². The molecule has 8 heteroatoms. The van der Waals surface area contributed by atoms with Crippen LogP contribution >= 0.6 is 12.2 Å². The molecule has 0 spiro atoms. The van der Waals surface area contributed by atoms with Gasteiger partial charge in [-0.3, -0.25) is 14.6 Å². The lowest BCUT2D eigenvalue weighted by molar-refractivity contribution is -0.122. The van der Waals surface area contributed by atoms with Crippen molar-refractivity contribution in [1.29, 1.82) is 0 Å². The van der Waals surface area contributed by atoms with Crippen molar-refractivity contribution in [3.8, 4) is 5.75 Å². The van der Waals surface area contributed by atoms with E-state index in [-0.39, 0.29) is 18.2 Å². The third-order valence-electron chi connectivity index (χ3n) is 4.41. The van der Waals surface area contributed by atoms with E-state index in [1.165, 1.54) is 4.90 Å². The third-order valence-corrected chi connectivity index (χ3v) is 4.85. The summed E-state index contributed by atoms with van der Waals surface area (Å²) in [5.74, 6) is 0.107. The predicted molar refractivity (Wildman–Crippen MR) is 105 cm³/mol. The summed E-state index contributed by atoms with van der Waals surface area (Å²) in [4.78, 5) is 32.6. The number of anilines is 1. The topological polar surface area (TPSA) is 74.8 Å². The molecule has 1 aliphatic heterocycles. The molecule has 3 rings (SSSR count). The van der Waals surface area contributed by atoms with E-state index >= 15 is 0 Å². The van der Waals surface area contributed by atoms with E-state index in [9.17, 15) is 9.59 Å². The number of imide groups is 1. The first-order chi connectivity index (χ1) is 13.0. The molecule has 0 radical (unpaired) electrons. The molecule has 1 aliphatic rings. The Hall–Kier alpha value is -3.00. The second kappa shape index (κ2) is 8.13. The largest absolute Gasteiger partial charge is 0.497 e. The second-order valence-corrected chi connectivity index (χ2v) is 6.41. The molecular formula is C19H20N4O3S. The zero-order valence-electron chi connectivity index (χ0n) is 15.1. The quantitative estimate of drug-likeness (QED) is 0.622. The van der Waals surface area contributed by atoms with Gasteiger partial charge in [0.15, 0.2) is 5.11 Å². The molecule has 0 unspecified atom stereocenters. The lowest BCUT2D eigenvalue weighted by Crippen LogP contribution is -2.48. The van der Waals surface area contributed by atoms with Gasteiger partial charge in [0.1, 0.15) is 11.8 Å². The molecule has 7 nitrogen and oxygen atoms in total. The maximum Gasteiger partial charge on any atom is 0.257 e. The molecule has 27 heavy (non-hydrogen) atoms. The molecule has 1 aromatic heterocycles. The van der Waals surface area contributed by atoms with Gasteiger partial charge in [0.25, 0.3) is 5.91 Å². The van der Waals surface area contributed by atoms with E-state index < -0.39 is 6.04 Å². The van der Waals surface area contributed by atoms with E-state index in [0.717, 1.165) is 5.56 Å². The van der Waals surface area contributed by atoms with Crippen LogP contribution in [0.1, 0.15) is 12.0 Å². The SMILES string of the molecule is CNC(=S)N(Cc1ccncc1)[C@@H]1CC(=O)N(c2ccc(OC)cc2)C1=O. The molecule has 1 atom stereocenters. The first-order valence-corrected chi connectivity index (χ1v) is 8.84. The van der Waals surface area contributed by atoms with E-state index in [4.69, 9.17) is 17.0 Å². The van der Waals surface area contributed by atoms with Crippen molar-refractivity contribution in [2.45, 2.75) is 19.0 Å². The molecule has 0 saturated carbocycles. The molecule has 0 aliphatic carbocycles. The highest BCUT2D eigenvalue weighted by atomic mass is 32.1. The van der Waals surface area contributed by atoms with Crippen LogP contribution in [0.3, 0.4) is 0 Å². The highest BCUT2D eigenvalue weighted by Gasteiger charge is 2.43. The van der Waals surface area contributed by atoms with Crippen molar-refractivity contribution in [1.82, 2.24) is 15.2 Å². The number of carbonyl (C=O) groups is 2. The number of hydrogen-bond donors (Lipinski definition) is 1. The zero-order valence-corrected chi connectivity index (χ0v) is 15.9. The maximum atomic E-state index is 13.1. The summed E-state index contributed by atoms with van der Waals surface area (Å²) in [7, 11) is 3.26. The van der Waals surface area contributed by atoms with Crippen molar-refractivity contribution in [3.63, 3.8) is 0 Å². The highest BCUT2D eigenvalue weighted by molar-refractivity contribution is 7.80. The first kappa shape index (κ1) is 18.8. The second-order valence-electron chi connectivity index (χ2n) is 6.02. The minimum absolute atomic E-state index is 0.0672. The molecule has 1 N–H and O–H groups in total. The summed E-state index contributed by atoms with van der Waals surface area (Å²) in [6.45, 7) is 0.405. The van der Waals surface area contributed by atoms with Crippen molar-refractivity contribution in [3.05, 3.63) is 54.4 Å². The van der Waals surface area contributed by atoms with Gasteiger partial charge in [0, 0.05) is 26.0 Å². The Morgan fingerprint density at radius 1 is 1.26 bits per heavy atom. The van der Waals surface area contributed by atoms with Crippen LogP contribution in [-0.4, -0.2) is 47.0 Å². The fourth-order valence-corrected chi connectivity index (χ4v) is 3.21. The number of nitrogens with one attached hydrogen (secondary N) is 1. The van der Waals surface area contributed by atoms with Crippen LogP contribution in [0, 0.1) is 0 Å². The number of thiocarbonyl (C=S) groups is 1. The number of ether oxygens (including phenoxy) is 1. The molecule has 1 saturated heterocycles. The average Bonchev–Trinajstić information content (AvgIpc) is 3.00. The number of rotatable bonds is 5. The van der Waals surface area contributed by atoms with E-state index in [1.807, 2.05) is 12.1 Å². The molecule has 2 aromatic rings. The number of aromatic nitrogens is 1. The standard InChI is InChI=1S/C19H20N4O3S/c1-20-19(27)22(12-13-7-9-21-10-8-13)16-11-17(24)23(18(16)25)14-3-5-15(26-2)6-4-14/h3-10,16H,11-12H2,1-2H3,(H,20,27)/t16-/m1/s1. The molecule has 2 heterocycles. The fourth-order valence-electron chi connectivity index (χ4n) is 3.01. The van der Waals surface area contributed by atoms with Crippen LogP contribution in [0.25, 0.3) is 0 Å². The minimum Gasteiger partial charge on any atom is -0.497 e. The Kier molecular flexibility index (Phi) is 5.66. The summed E-state index contributed by atoms with van der Waals surface area (Å²) in [5.41, 5.74) is 1.47. The lowest BCUT2D eigenvalue weighted by Gasteiger charge is -2.29. The smallest absolute Gasteiger partial charge is 0.257 e. The Bertz CT molecular complexity index is 842. The molecule has 1 aromatic carbocycles. The van der Waals surface area contributed by atoms with Crippen LogP contribution in [0.5, 0.6) is 5.75 Å². The monoisotopic (exact) mass is 384 g/mol. The lowest BCUT2D eigenvalue weighted by atomic mass is 10.1. The van der Waals surface area contributed by atoms with Gasteiger partial charge in [-0.2, -0.15) is 0 Å². The Labute approximate surface area is 162 Å². The highest BCUT2D eigenvalue weighted by Crippen LogP contribution is 2.28. The van der Waals surface area contributed by atoms with E-state index in [2.05, 4.69) is 10.3 Å². The van der Waals surface area contributed by atoms with Gasteiger partial charge < -0.3 is 15.0 Å². The van der Waals surface area contributed by atoms with Crippen LogP contribution in [0.4, 0.5) is 5.69 Å². The van der Waals surface area contributed by atoms with E-state index in [1.54, 1.807) is 55.7 Å². The summed E-state index contributed by atoms with van der Waals surface area (Å²) in [6, 6.07) is 9.88. The Morgan fingerprint density at radius 2 is 1.93 bits per heavy atom. The zero-order chi connectivity index (χ0) is 19.4. The summed E-state index contributed by atoms with van der Waals surface area (Å²) in [5, 5.41) is 3.32. The molecule has 0 bridgehead atoms. The minimum atomic E-state index is -0.660. The Morgan fingerprint density at radius 3 is 2.52 bits per heavy atom. The number of amides is 2. The van der Waals surface area contributed by atoms with Gasteiger partial charge in [0.2, 0.25) is 5.91 Å².